The molecule has 2 aromatic heterocycles. The molecule has 0 amide bonds. The molecule has 0 radical (unpaired) electrons. The van der Waals surface area contributed by atoms with Crippen molar-refractivity contribution < 1.29 is 4.42 Å². The standard InChI is InChI=1S/C51H36N2O/c1-51(2)43-21-12-19-37(33-26-28-35(29-27-33)53-45-22-9-6-16-38(45)39-17-7-10-23-46(39)53)49(43)42-31-30-36(32-44(42)51)52(34-14-4-3-5-15-34)47-24-13-20-41-40-18-8-11-25-48(40)54-50(41)47/h3-32H,1-2H3. The summed E-state index contributed by atoms with van der Waals surface area (Å²) in [4.78, 5) is 2.35. The summed E-state index contributed by atoms with van der Waals surface area (Å²) in [5.41, 5.74) is 16.1. The van der Waals surface area contributed by atoms with Crippen molar-refractivity contribution in [1.82, 2.24) is 4.57 Å². The molecule has 10 aromatic rings. The minimum absolute atomic E-state index is 0.201. The third-order valence-electron chi connectivity index (χ3n) is 11.6. The van der Waals surface area contributed by atoms with E-state index in [4.69, 9.17) is 4.42 Å². The van der Waals surface area contributed by atoms with E-state index >= 15 is 0 Å². The zero-order chi connectivity index (χ0) is 36.0. The van der Waals surface area contributed by atoms with E-state index in [0.717, 1.165) is 44.7 Å². The van der Waals surface area contributed by atoms with Gasteiger partial charge >= 0.3 is 0 Å². The molecular weight excluding hydrogens is 657 g/mol. The third-order valence-corrected chi connectivity index (χ3v) is 11.6. The van der Waals surface area contributed by atoms with E-state index in [1.54, 1.807) is 0 Å². The van der Waals surface area contributed by atoms with Gasteiger partial charge in [-0.3, -0.25) is 0 Å². The molecule has 11 rings (SSSR count). The van der Waals surface area contributed by atoms with E-state index < -0.39 is 0 Å². The van der Waals surface area contributed by atoms with E-state index in [2.05, 4.69) is 199 Å². The van der Waals surface area contributed by atoms with E-state index in [9.17, 15) is 0 Å². The van der Waals surface area contributed by atoms with Gasteiger partial charge < -0.3 is 13.9 Å². The Kier molecular flexibility index (Phi) is 6.60. The minimum Gasteiger partial charge on any atom is -0.454 e. The fourth-order valence-corrected chi connectivity index (χ4v) is 9.06. The Hall–Kier alpha value is -6.84. The monoisotopic (exact) mass is 692 g/mol. The van der Waals surface area contributed by atoms with Gasteiger partial charge in [-0.25, -0.2) is 0 Å². The first kappa shape index (κ1) is 30.8. The highest BCUT2D eigenvalue weighted by Gasteiger charge is 2.37. The second kappa shape index (κ2) is 11.6. The second-order valence-electron chi connectivity index (χ2n) is 14.9. The summed E-state index contributed by atoms with van der Waals surface area (Å²) in [6.07, 6.45) is 0. The van der Waals surface area contributed by atoms with Crippen molar-refractivity contribution in [3.8, 4) is 27.9 Å². The number of para-hydroxylation sites is 5. The molecule has 0 spiro atoms. The maximum absolute atomic E-state index is 6.59. The minimum atomic E-state index is -0.201. The average Bonchev–Trinajstić information content (AvgIpc) is 3.85. The van der Waals surface area contributed by atoms with Crippen molar-refractivity contribution >= 4 is 60.8 Å². The lowest BCUT2D eigenvalue weighted by molar-refractivity contribution is 0.660. The first-order valence-corrected chi connectivity index (χ1v) is 18.7. The molecule has 0 aliphatic heterocycles. The van der Waals surface area contributed by atoms with Crippen molar-refractivity contribution in [3.05, 3.63) is 193 Å². The van der Waals surface area contributed by atoms with Crippen LogP contribution in [0.3, 0.4) is 0 Å². The predicted molar refractivity (Wildman–Crippen MR) is 226 cm³/mol. The Bertz CT molecular complexity index is 3020. The maximum atomic E-state index is 6.59. The number of nitrogens with zero attached hydrogens (tertiary/aromatic N) is 2. The fourth-order valence-electron chi connectivity index (χ4n) is 9.06. The topological polar surface area (TPSA) is 21.3 Å². The van der Waals surface area contributed by atoms with Gasteiger partial charge in [-0.15, -0.1) is 0 Å². The highest BCUT2D eigenvalue weighted by Crippen LogP contribution is 2.54. The molecule has 0 atom stereocenters. The number of hydrogen-bond acceptors (Lipinski definition) is 2. The maximum Gasteiger partial charge on any atom is 0.159 e. The Balaban J connectivity index is 1.04. The lowest BCUT2D eigenvalue weighted by Crippen LogP contribution is -2.16. The molecular formula is C51H36N2O. The van der Waals surface area contributed by atoms with Crippen molar-refractivity contribution in [2.45, 2.75) is 19.3 Å². The molecule has 256 valence electrons. The summed E-state index contributed by atoms with van der Waals surface area (Å²) >= 11 is 0. The molecule has 8 aromatic carbocycles. The van der Waals surface area contributed by atoms with Crippen LogP contribution in [0.5, 0.6) is 0 Å². The molecule has 54 heavy (non-hydrogen) atoms. The van der Waals surface area contributed by atoms with Crippen LogP contribution in [0.25, 0.3) is 71.7 Å². The van der Waals surface area contributed by atoms with E-state index in [0.29, 0.717) is 0 Å². The van der Waals surface area contributed by atoms with Gasteiger partial charge in [0, 0.05) is 44.0 Å². The van der Waals surface area contributed by atoms with Gasteiger partial charge in [0.25, 0.3) is 0 Å². The van der Waals surface area contributed by atoms with Crippen LogP contribution in [0, 0.1) is 0 Å². The van der Waals surface area contributed by atoms with Gasteiger partial charge in [0.15, 0.2) is 5.58 Å². The third kappa shape index (κ3) is 4.42. The molecule has 2 heterocycles. The quantitative estimate of drug-likeness (QED) is 0.179. The number of aromatic nitrogens is 1. The van der Waals surface area contributed by atoms with Crippen molar-refractivity contribution in [3.63, 3.8) is 0 Å². The number of anilines is 3. The van der Waals surface area contributed by atoms with Gasteiger partial charge in [0.05, 0.1) is 16.7 Å². The van der Waals surface area contributed by atoms with E-state index in [1.165, 1.54) is 55.2 Å². The molecule has 0 N–H and O–H groups in total. The lowest BCUT2D eigenvalue weighted by atomic mass is 9.81. The van der Waals surface area contributed by atoms with E-state index in [-0.39, 0.29) is 5.41 Å². The smallest absolute Gasteiger partial charge is 0.159 e. The van der Waals surface area contributed by atoms with Crippen molar-refractivity contribution in [1.29, 1.82) is 0 Å². The number of hydrogen-bond donors (Lipinski definition) is 0. The molecule has 0 saturated heterocycles. The van der Waals surface area contributed by atoms with Crippen LogP contribution in [0.4, 0.5) is 17.1 Å². The van der Waals surface area contributed by atoms with Crippen LogP contribution in [0.15, 0.2) is 186 Å². The number of rotatable bonds is 5. The van der Waals surface area contributed by atoms with Gasteiger partial charge in [-0.2, -0.15) is 0 Å². The number of benzene rings is 8. The van der Waals surface area contributed by atoms with Crippen LogP contribution in [-0.4, -0.2) is 4.57 Å². The zero-order valence-corrected chi connectivity index (χ0v) is 30.1. The summed E-state index contributed by atoms with van der Waals surface area (Å²) in [6, 6.07) is 65.8. The van der Waals surface area contributed by atoms with Crippen molar-refractivity contribution in [2.75, 3.05) is 4.90 Å². The highest BCUT2D eigenvalue weighted by molar-refractivity contribution is 6.11. The van der Waals surface area contributed by atoms with Crippen LogP contribution in [-0.2, 0) is 5.41 Å². The molecule has 1 aliphatic rings. The highest BCUT2D eigenvalue weighted by atomic mass is 16.3. The zero-order valence-electron chi connectivity index (χ0n) is 30.1. The number of furan rings is 1. The summed E-state index contributed by atoms with van der Waals surface area (Å²) in [7, 11) is 0. The van der Waals surface area contributed by atoms with Gasteiger partial charge in [-0.1, -0.05) is 135 Å². The Labute approximate surface area is 314 Å². The normalized spacial score (nSPS) is 13.1. The Morgan fingerprint density at radius 2 is 1.13 bits per heavy atom. The predicted octanol–water partition coefficient (Wildman–Crippen LogP) is 14.1. The molecule has 0 bridgehead atoms. The first-order valence-electron chi connectivity index (χ1n) is 18.7. The van der Waals surface area contributed by atoms with Crippen LogP contribution < -0.4 is 4.90 Å². The molecule has 3 nitrogen and oxygen atoms in total. The molecule has 0 saturated carbocycles. The SMILES string of the molecule is CC1(C)c2cc(N(c3ccccc3)c3cccc4c3oc3ccccc34)ccc2-c2c(-c3ccc(-n4c5ccccc5c5ccccc54)cc3)cccc21. The fraction of sp³-hybridized carbons (Fsp3) is 0.0588. The van der Waals surface area contributed by atoms with Gasteiger partial charge in [-0.05, 0) is 94.0 Å². The summed E-state index contributed by atoms with van der Waals surface area (Å²) in [5, 5.41) is 4.79. The van der Waals surface area contributed by atoms with Gasteiger partial charge in [0.1, 0.15) is 5.58 Å². The van der Waals surface area contributed by atoms with Crippen LogP contribution in [0.1, 0.15) is 25.0 Å². The Morgan fingerprint density at radius 1 is 0.481 bits per heavy atom. The molecule has 3 heteroatoms. The first-order chi connectivity index (χ1) is 26.6. The summed E-state index contributed by atoms with van der Waals surface area (Å²) in [5.74, 6) is 0. The molecule has 0 fully saturated rings. The average molecular weight is 693 g/mol. The van der Waals surface area contributed by atoms with E-state index in [1.807, 2.05) is 6.07 Å². The second-order valence-corrected chi connectivity index (χ2v) is 14.9. The molecule has 1 aliphatic carbocycles. The van der Waals surface area contributed by atoms with Crippen LogP contribution in [0.2, 0.25) is 0 Å². The van der Waals surface area contributed by atoms with Gasteiger partial charge in [0.2, 0.25) is 0 Å². The summed E-state index contributed by atoms with van der Waals surface area (Å²) in [6.45, 7) is 4.73. The number of fused-ring (bicyclic) bond motifs is 9. The Morgan fingerprint density at radius 3 is 1.89 bits per heavy atom. The van der Waals surface area contributed by atoms with Crippen LogP contribution >= 0.6 is 0 Å². The van der Waals surface area contributed by atoms with Crippen molar-refractivity contribution in [2.24, 2.45) is 0 Å². The lowest BCUT2D eigenvalue weighted by Gasteiger charge is -2.28. The molecule has 0 unspecified atom stereocenters. The summed E-state index contributed by atoms with van der Waals surface area (Å²) < 4.78 is 8.97. The largest absolute Gasteiger partial charge is 0.454 e.